The molecule has 0 saturated carbocycles. The van der Waals surface area contributed by atoms with Crippen molar-refractivity contribution in [1.29, 1.82) is 0 Å². The van der Waals surface area contributed by atoms with Crippen LogP contribution in [0.25, 0.3) is 10.1 Å². The molecule has 11 heteroatoms. The predicted octanol–water partition coefficient (Wildman–Crippen LogP) is 6.53. The first-order chi connectivity index (χ1) is 18.4. The van der Waals surface area contributed by atoms with E-state index in [2.05, 4.69) is 34.4 Å². The Bertz CT molecular complexity index is 1420. The average Bonchev–Trinajstić information content (AvgIpc) is 3.20. The first kappa shape index (κ1) is 29.3. The van der Waals surface area contributed by atoms with E-state index in [1.54, 1.807) is 37.6 Å². The third kappa shape index (κ3) is 7.69. The summed E-state index contributed by atoms with van der Waals surface area (Å²) < 4.78 is 71.7. The van der Waals surface area contributed by atoms with Gasteiger partial charge in [0.25, 0.3) is 0 Å². The molecule has 4 rings (SSSR count). The van der Waals surface area contributed by atoms with Gasteiger partial charge in [-0.1, -0.05) is 24.0 Å². The molecule has 1 fully saturated rings. The van der Waals surface area contributed by atoms with Crippen LogP contribution in [0.4, 0.5) is 28.9 Å². The van der Waals surface area contributed by atoms with E-state index in [0.29, 0.717) is 21.3 Å². The zero-order valence-electron chi connectivity index (χ0n) is 22.1. The summed E-state index contributed by atoms with van der Waals surface area (Å²) in [5, 5.41) is 7.69. The smallest absolute Gasteiger partial charge is 0.393 e. The number of benzene rings is 2. The van der Waals surface area contributed by atoms with E-state index < -0.39 is 26.6 Å². The van der Waals surface area contributed by atoms with Crippen molar-refractivity contribution in [2.45, 2.75) is 31.5 Å². The lowest BCUT2D eigenvalue weighted by molar-refractivity contribution is -0.126. The van der Waals surface area contributed by atoms with Crippen LogP contribution < -0.4 is 20.7 Å². The number of anilines is 2. The topological polar surface area (TPSA) is 53.6 Å². The molecule has 1 saturated heterocycles. The lowest BCUT2D eigenvalue weighted by Gasteiger charge is -2.30. The molecule has 0 aliphatic carbocycles. The fourth-order valence-electron chi connectivity index (χ4n) is 4.57. The molecule has 0 atom stereocenters. The van der Waals surface area contributed by atoms with Crippen molar-refractivity contribution >= 4 is 45.2 Å². The quantitative estimate of drug-likeness (QED) is 0.180. The molecule has 2 heterocycles. The van der Waals surface area contributed by atoms with E-state index in [9.17, 15) is 22.1 Å². The predicted molar refractivity (Wildman–Crippen MR) is 153 cm³/mol. The maximum Gasteiger partial charge on any atom is 0.393 e. The summed E-state index contributed by atoms with van der Waals surface area (Å²) >= 11 is 1.26. The van der Waals surface area contributed by atoms with Gasteiger partial charge in [-0.3, -0.25) is 0 Å². The number of fused-ring (bicyclic) bond motifs is 1. The number of hydrogen-bond donors (Lipinski definition) is 2. The van der Waals surface area contributed by atoms with Crippen LogP contribution in [0, 0.1) is 11.8 Å². The minimum atomic E-state index is -4.38. The van der Waals surface area contributed by atoms with Crippen LogP contribution in [0.15, 0.2) is 36.4 Å². The average molecular weight is 582 g/mol. The maximum absolute atomic E-state index is 13.5. The second-order valence-electron chi connectivity index (χ2n) is 10.0. The van der Waals surface area contributed by atoms with Gasteiger partial charge in [0.1, 0.15) is 12.9 Å². The van der Waals surface area contributed by atoms with E-state index in [1.165, 1.54) is 17.4 Å². The molecule has 39 heavy (non-hydrogen) atoms. The van der Waals surface area contributed by atoms with Gasteiger partial charge in [-0.15, -0.1) is 11.3 Å². The van der Waals surface area contributed by atoms with Gasteiger partial charge in [0.15, 0.2) is 0 Å². The summed E-state index contributed by atoms with van der Waals surface area (Å²) in [5.41, 5.74) is 1.46. The zero-order valence-corrected chi connectivity index (χ0v) is 23.8. The van der Waals surface area contributed by atoms with Gasteiger partial charge in [0.05, 0.1) is 33.9 Å². The monoisotopic (exact) mass is 581 g/mol. The van der Waals surface area contributed by atoms with Crippen LogP contribution in [0.1, 0.15) is 23.3 Å². The summed E-state index contributed by atoms with van der Waals surface area (Å²) in [4.78, 5) is 2.63. The number of alkyl halides is 4. The van der Waals surface area contributed by atoms with Crippen molar-refractivity contribution in [2.24, 2.45) is 0 Å². The minimum absolute atomic E-state index is 0.0955. The highest BCUT2D eigenvalue weighted by Gasteiger charge is 2.31. The van der Waals surface area contributed by atoms with Gasteiger partial charge in [-0.2, -0.15) is 13.2 Å². The Labute approximate surface area is 230 Å². The lowest BCUT2D eigenvalue weighted by atomic mass is 10.0. The molecule has 0 bridgehead atoms. The lowest BCUT2D eigenvalue weighted by Crippen LogP contribution is -2.36. The number of hydrogen-bond acceptors (Lipinski definition) is 6. The molecular formula is C28H32F4N3O2PS. The second-order valence-corrected chi connectivity index (χ2v) is 14.3. The molecule has 210 valence electrons. The van der Waals surface area contributed by atoms with Crippen LogP contribution in [-0.4, -0.2) is 64.0 Å². The standard InChI is InChI=1S/C28H32F4N3O2PS/c1-35-14-11-19(12-15-35)34-24-7-4-6-21-22(17-28(30,31)32)26(39-27(21)24)8-5-13-33-23-10-9-20(38(2,3)36)16-25(23)37-18-29/h4,6-7,9-10,16,19,33-34H,11-15,17-18H2,1-3H3. The number of nitrogens with zero attached hydrogens (tertiary/aromatic N) is 1. The molecule has 0 unspecified atom stereocenters. The summed E-state index contributed by atoms with van der Waals surface area (Å²) in [6.45, 7) is 4.20. The number of rotatable bonds is 8. The third-order valence-corrected chi connectivity index (χ3v) is 9.36. The number of halogens is 4. The summed E-state index contributed by atoms with van der Waals surface area (Å²) in [6, 6.07) is 10.5. The van der Waals surface area contributed by atoms with Crippen molar-refractivity contribution < 1.29 is 26.9 Å². The second kappa shape index (κ2) is 12.2. The van der Waals surface area contributed by atoms with Gasteiger partial charge >= 0.3 is 6.18 Å². The molecule has 1 aromatic heterocycles. The number of ether oxygens (including phenoxy) is 1. The van der Waals surface area contributed by atoms with Crippen LogP contribution in [0.2, 0.25) is 0 Å². The molecule has 1 aliphatic heterocycles. The van der Waals surface area contributed by atoms with E-state index in [4.69, 9.17) is 4.74 Å². The third-order valence-electron chi connectivity index (χ3n) is 6.64. The Morgan fingerprint density at radius 1 is 1.15 bits per heavy atom. The molecule has 1 aliphatic rings. The first-order valence-corrected chi connectivity index (χ1v) is 16.0. The van der Waals surface area contributed by atoms with E-state index >= 15 is 0 Å². The highest BCUT2D eigenvalue weighted by atomic mass is 32.1. The highest BCUT2D eigenvalue weighted by molar-refractivity contribution is 7.70. The van der Waals surface area contributed by atoms with E-state index in [1.807, 2.05) is 6.07 Å². The molecular weight excluding hydrogens is 549 g/mol. The Kier molecular flexibility index (Phi) is 9.15. The Morgan fingerprint density at radius 3 is 2.56 bits per heavy atom. The van der Waals surface area contributed by atoms with Crippen LogP contribution in [0.3, 0.4) is 0 Å². The SMILES string of the molecule is CN1CCC(Nc2cccc3c(CC(F)(F)F)c(C#CCNc4ccc(P(C)(C)=O)cc4OCF)sc23)CC1. The van der Waals surface area contributed by atoms with Gasteiger partial charge in [0.2, 0.25) is 6.86 Å². The van der Waals surface area contributed by atoms with Gasteiger partial charge < -0.3 is 24.8 Å². The van der Waals surface area contributed by atoms with Crippen molar-refractivity contribution in [1.82, 2.24) is 4.90 Å². The minimum Gasteiger partial charge on any atom is -0.461 e. The normalized spacial score (nSPS) is 15.2. The molecule has 0 spiro atoms. The van der Waals surface area contributed by atoms with Crippen molar-refractivity contribution in [3.8, 4) is 17.6 Å². The molecule has 2 aromatic carbocycles. The Hall–Kier alpha value is -2.73. The van der Waals surface area contributed by atoms with E-state index in [-0.39, 0.29) is 23.9 Å². The number of likely N-dealkylation sites (tertiary alicyclic amines) is 1. The van der Waals surface area contributed by atoms with Crippen LogP contribution in [0.5, 0.6) is 5.75 Å². The largest absolute Gasteiger partial charge is 0.461 e. The molecule has 5 nitrogen and oxygen atoms in total. The van der Waals surface area contributed by atoms with Crippen molar-refractivity contribution in [3.63, 3.8) is 0 Å². The number of piperidine rings is 1. The van der Waals surface area contributed by atoms with Gasteiger partial charge in [0, 0.05) is 11.3 Å². The molecule has 2 N–H and O–H groups in total. The van der Waals surface area contributed by atoms with E-state index in [0.717, 1.165) is 36.3 Å². The molecule has 0 radical (unpaired) electrons. The van der Waals surface area contributed by atoms with Crippen LogP contribution in [-0.2, 0) is 11.0 Å². The number of thiophene rings is 1. The Balaban J connectivity index is 1.59. The van der Waals surface area contributed by atoms with Crippen molar-refractivity contribution in [2.75, 3.05) is 57.5 Å². The summed E-state index contributed by atoms with van der Waals surface area (Å²) in [7, 11) is -0.492. The Morgan fingerprint density at radius 2 is 1.90 bits per heavy atom. The summed E-state index contributed by atoms with van der Waals surface area (Å²) in [6.07, 6.45) is -3.51. The van der Waals surface area contributed by atoms with Gasteiger partial charge in [-0.25, -0.2) is 4.39 Å². The first-order valence-electron chi connectivity index (χ1n) is 12.6. The maximum atomic E-state index is 13.5. The molecule has 3 aromatic rings. The van der Waals surface area contributed by atoms with Crippen LogP contribution >= 0.6 is 18.5 Å². The summed E-state index contributed by atoms with van der Waals surface area (Å²) in [5.74, 6) is 6.04. The zero-order chi connectivity index (χ0) is 28.2. The fraction of sp³-hybridized carbons (Fsp3) is 0.429. The number of nitrogens with one attached hydrogen (secondary N) is 2. The highest BCUT2D eigenvalue weighted by Crippen LogP contribution is 2.40. The fourth-order valence-corrected chi connectivity index (χ4v) is 6.60. The van der Waals surface area contributed by atoms with Crippen molar-refractivity contribution in [3.05, 3.63) is 46.8 Å². The van der Waals surface area contributed by atoms with Gasteiger partial charge in [-0.05, 0) is 81.5 Å². The molecule has 0 amide bonds.